The van der Waals surface area contributed by atoms with Gasteiger partial charge >= 0.3 is 0 Å². The van der Waals surface area contributed by atoms with Crippen LogP contribution in [0.3, 0.4) is 0 Å². The molecule has 0 aliphatic rings. The molecule has 0 atom stereocenters. The first-order valence-corrected chi connectivity index (χ1v) is 9.09. The molecule has 0 unspecified atom stereocenters. The lowest BCUT2D eigenvalue weighted by molar-refractivity contribution is 0.0787. The van der Waals surface area contributed by atoms with E-state index in [0.717, 1.165) is 38.8 Å². The molecule has 2 aromatic heterocycles. The van der Waals surface area contributed by atoms with Gasteiger partial charge in [-0.15, -0.1) is 0 Å². The highest BCUT2D eigenvalue weighted by Gasteiger charge is 2.17. The van der Waals surface area contributed by atoms with E-state index in [2.05, 4.69) is 13.7 Å². The summed E-state index contributed by atoms with van der Waals surface area (Å²) in [4.78, 5) is 19.4. The molecule has 0 aliphatic carbocycles. The molecule has 0 saturated heterocycles. The number of carbonyl (C=O) groups is 1. The van der Waals surface area contributed by atoms with Crippen LogP contribution in [0.15, 0.2) is 42.5 Å². The summed E-state index contributed by atoms with van der Waals surface area (Å²) >= 11 is 1.20. The monoisotopic (exact) mass is 362 g/mol. The standard InChI is InChI=1S/C20H18N4OS/c1-12-4-6-17-15(8-12)16(9-13(2)21-17)20(25)24(3)11-14-5-7-18-19(10-14)23-26-22-18/h4-10H,11H2,1-3H3. The summed E-state index contributed by atoms with van der Waals surface area (Å²) in [5.74, 6) is -0.0115. The highest BCUT2D eigenvalue weighted by atomic mass is 32.1. The Morgan fingerprint density at radius 3 is 2.62 bits per heavy atom. The van der Waals surface area contributed by atoms with Crippen LogP contribution >= 0.6 is 11.7 Å². The van der Waals surface area contributed by atoms with Crippen LogP contribution in [0, 0.1) is 13.8 Å². The van der Waals surface area contributed by atoms with Gasteiger partial charge in [0.05, 0.1) is 22.8 Å². The Balaban J connectivity index is 1.68. The number of hydrogen-bond donors (Lipinski definition) is 0. The first kappa shape index (κ1) is 16.6. The van der Waals surface area contributed by atoms with E-state index in [1.54, 1.807) is 4.90 Å². The van der Waals surface area contributed by atoms with Crippen molar-refractivity contribution in [3.8, 4) is 0 Å². The van der Waals surface area contributed by atoms with Crippen molar-refractivity contribution < 1.29 is 4.79 Å². The third-order valence-electron chi connectivity index (χ3n) is 4.41. The Bertz CT molecular complexity index is 1140. The molecular formula is C20H18N4OS. The van der Waals surface area contributed by atoms with E-state index in [1.165, 1.54) is 11.7 Å². The average molecular weight is 362 g/mol. The molecule has 4 rings (SSSR count). The van der Waals surface area contributed by atoms with E-state index >= 15 is 0 Å². The number of amides is 1. The van der Waals surface area contributed by atoms with Gasteiger partial charge in [-0.2, -0.15) is 8.75 Å². The number of hydrogen-bond acceptors (Lipinski definition) is 5. The molecule has 6 heteroatoms. The molecule has 0 saturated carbocycles. The van der Waals surface area contributed by atoms with Crippen LogP contribution in [0.4, 0.5) is 0 Å². The predicted molar refractivity (Wildman–Crippen MR) is 104 cm³/mol. The van der Waals surface area contributed by atoms with Gasteiger partial charge in [-0.3, -0.25) is 9.78 Å². The van der Waals surface area contributed by atoms with Gasteiger partial charge in [0, 0.05) is 24.7 Å². The minimum Gasteiger partial charge on any atom is -0.337 e. The maximum Gasteiger partial charge on any atom is 0.254 e. The number of benzene rings is 2. The fourth-order valence-corrected chi connectivity index (χ4v) is 3.64. The van der Waals surface area contributed by atoms with Gasteiger partial charge in [0.2, 0.25) is 0 Å². The highest BCUT2D eigenvalue weighted by Crippen LogP contribution is 2.22. The maximum atomic E-state index is 13.1. The third-order valence-corrected chi connectivity index (χ3v) is 4.96. The van der Waals surface area contributed by atoms with Crippen molar-refractivity contribution in [2.24, 2.45) is 0 Å². The molecule has 0 N–H and O–H groups in total. The average Bonchev–Trinajstić information content (AvgIpc) is 3.08. The van der Waals surface area contributed by atoms with Gasteiger partial charge in [-0.05, 0) is 49.7 Å². The lowest BCUT2D eigenvalue weighted by Gasteiger charge is -2.19. The SMILES string of the molecule is Cc1ccc2nc(C)cc(C(=O)N(C)Cc3ccc4nsnc4c3)c2c1. The van der Waals surface area contributed by atoms with E-state index in [9.17, 15) is 4.79 Å². The van der Waals surface area contributed by atoms with Crippen molar-refractivity contribution in [1.82, 2.24) is 18.6 Å². The van der Waals surface area contributed by atoms with Gasteiger partial charge in [0.15, 0.2) is 0 Å². The number of pyridine rings is 1. The number of aromatic nitrogens is 3. The van der Waals surface area contributed by atoms with Crippen LogP contribution in [0.25, 0.3) is 21.9 Å². The van der Waals surface area contributed by atoms with Crippen molar-refractivity contribution in [1.29, 1.82) is 0 Å². The van der Waals surface area contributed by atoms with Crippen LogP contribution in [0.5, 0.6) is 0 Å². The largest absolute Gasteiger partial charge is 0.337 e. The normalized spacial score (nSPS) is 11.2. The van der Waals surface area contributed by atoms with Gasteiger partial charge in [0.25, 0.3) is 5.91 Å². The second-order valence-corrected chi connectivity index (χ2v) is 7.11. The lowest BCUT2D eigenvalue weighted by atomic mass is 10.0. The molecule has 2 aromatic carbocycles. The van der Waals surface area contributed by atoms with E-state index in [1.807, 2.05) is 63.4 Å². The summed E-state index contributed by atoms with van der Waals surface area (Å²) in [5, 5.41) is 0.895. The number of rotatable bonds is 3. The minimum absolute atomic E-state index is 0.0115. The molecule has 0 bridgehead atoms. The zero-order valence-corrected chi connectivity index (χ0v) is 15.7. The molecular weight excluding hydrogens is 344 g/mol. The molecule has 130 valence electrons. The van der Waals surface area contributed by atoms with Gasteiger partial charge in [0.1, 0.15) is 11.0 Å². The van der Waals surface area contributed by atoms with E-state index in [0.29, 0.717) is 12.1 Å². The Morgan fingerprint density at radius 1 is 1.00 bits per heavy atom. The maximum absolute atomic E-state index is 13.1. The quantitative estimate of drug-likeness (QED) is 0.550. The molecule has 4 aromatic rings. The second kappa shape index (κ2) is 6.46. The molecule has 0 aliphatic heterocycles. The fourth-order valence-electron chi connectivity index (χ4n) is 3.13. The van der Waals surface area contributed by atoms with E-state index < -0.39 is 0 Å². The summed E-state index contributed by atoms with van der Waals surface area (Å²) in [6.07, 6.45) is 0. The smallest absolute Gasteiger partial charge is 0.254 e. The molecule has 0 radical (unpaired) electrons. The van der Waals surface area contributed by atoms with Crippen LogP contribution in [-0.2, 0) is 6.54 Å². The summed E-state index contributed by atoms with van der Waals surface area (Å²) in [6, 6.07) is 13.8. The summed E-state index contributed by atoms with van der Waals surface area (Å²) in [7, 11) is 1.82. The molecule has 1 amide bonds. The fraction of sp³-hybridized carbons (Fsp3) is 0.200. The first-order valence-electron chi connectivity index (χ1n) is 8.36. The van der Waals surface area contributed by atoms with Gasteiger partial charge < -0.3 is 4.90 Å². The van der Waals surface area contributed by atoms with Gasteiger partial charge in [-0.25, -0.2) is 0 Å². The first-order chi connectivity index (χ1) is 12.5. The summed E-state index contributed by atoms with van der Waals surface area (Å²) in [5.41, 5.74) is 6.28. The second-order valence-electron chi connectivity index (χ2n) is 6.58. The number of fused-ring (bicyclic) bond motifs is 2. The Hall–Kier alpha value is -2.86. The Labute approximate surface area is 155 Å². The van der Waals surface area contributed by atoms with E-state index in [4.69, 9.17) is 0 Å². The topological polar surface area (TPSA) is 59.0 Å². The van der Waals surface area contributed by atoms with Crippen molar-refractivity contribution in [2.45, 2.75) is 20.4 Å². The molecule has 2 heterocycles. The Morgan fingerprint density at radius 2 is 1.77 bits per heavy atom. The minimum atomic E-state index is -0.0115. The molecule has 0 fully saturated rings. The molecule has 5 nitrogen and oxygen atoms in total. The summed E-state index contributed by atoms with van der Waals surface area (Å²) in [6.45, 7) is 4.45. The molecule has 26 heavy (non-hydrogen) atoms. The van der Waals surface area contributed by atoms with Crippen molar-refractivity contribution in [3.63, 3.8) is 0 Å². The lowest BCUT2D eigenvalue weighted by Crippen LogP contribution is -2.26. The van der Waals surface area contributed by atoms with E-state index in [-0.39, 0.29) is 5.91 Å². The zero-order valence-electron chi connectivity index (χ0n) is 14.9. The van der Waals surface area contributed by atoms with Crippen molar-refractivity contribution in [3.05, 3.63) is 64.8 Å². The van der Waals surface area contributed by atoms with Crippen LogP contribution in [0.1, 0.15) is 27.2 Å². The predicted octanol–water partition coefficient (Wildman–Crippen LogP) is 4.13. The highest BCUT2D eigenvalue weighted by molar-refractivity contribution is 7.00. The Kier molecular flexibility index (Phi) is 4.12. The van der Waals surface area contributed by atoms with Crippen LogP contribution in [-0.4, -0.2) is 31.6 Å². The molecule has 0 spiro atoms. The summed E-state index contributed by atoms with van der Waals surface area (Å²) < 4.78 is 8.49. The van der Waals surface area contributed by atoms with Crippen molar-refractivity contribution >= 4 is 39.6 Å². The number of carbonyl (C=O) groups excluding carboxylic acids is 1. The number of nitrogens with zero attached hydrogens (tertiary/aromatic N) is 4. The van der Waals surface area contributed by atoms with Crippen LogP contribution in [0.2, 0.25) is 0 Å². The van der Waals surface area contributed by atoms with Gasteiger partial charge in [-0.1, -0.05) is 17.7 Å². The van der Waals surface area contributed by atoms with Crippen molar-refractivity contribution in [2.75, 3.05) is 7.05 Å². The number of aryl methyl sites for hydroxylation is 2. The zero-order chi connectivity index (χ0) is 18.3. The van der Waals surface area contributed by atoms with Crippen LogP contribution < -0.4 is 0 Å². The third kappa shape index (κ3) is 3.04.